The van der Waals surface area contributed by atoms with Gasteiger partial charge in [0, 0.05) is 29.1 Å². The Labute approximate surface area is 240 Å². The normalized spacial score (nSPS) is 21.9. The van der Waals surface area contributed by atoms with Gasteiger partial charge in [-0.25, -0.2) is 14.0 Å². The van der Waals surface area contributed by atoms with Crippen molar-refractivity contribution in [3.05, 3.63) is 69.1 Å². The van der Waals surface area contributed by atoms with Gasteiger partial charge in [-0.15, -0.1) is 0 Å². The Bertz CT molecular complexity index is 1430. The van der Waals surface area contributed by atoms with Crippen LogP contribution in [0.1, 0.15) is 66.1 Å². The number of esters is 1. The second-order valence-corrected chi connectivity index (χ2v) is 11.4. The summed E-state index contributed by atoms with van der Waals surface area (Å²) >= 11 is 13.0. The summed E-state index contributed by atoms with van der Waals surface area (Å²) in [4.78, 5) is 26.6. The van der Waals surface area contributed by atoms with E-state index in [9.17, 15) is 14.0 Å². The molecule has 2 atom stereocenters. The van der Waals surface area contributed by atoms with Gasteiger partial charge in [0.25, 0.3) is 0 Å². The van der Waals surface area contributed by atoms with Crippen molar-refractivity contribution in [3.63, 3.8) is 0 Å². The van der Waals surface area contributed by atoms with E-state index in [1.807, 2.05) is 0 Å². The molecular formula is C29H28Cl2FN3O5. The lowest BCUT2D eigenvalue weighted by Gasteiger charge is -2.38. The van der Waals surface area contributed by atoms with Gasteiger partial charge >= 0.3 is 12.0 Å². The molecule has 2 bridgehead atoms. The second-order valence-electron chi connectivity index (χ2n) is 10.6. The Hall–Kier alpha value is -3.14. The maximum absolute atomic E-state index is 14.6. The molecule has 2 aliphatic heterocycles. The smallest absolute Gasteiger partial charge is 0.337 e. The van der Waals surface area contributed by atoms with Crippen molar-refractivity contribution >= 4 is 40.9 Å². The molecule has 210 valence electrons. The predicted molar refractivity (Wildman–Crippen MR) is 147 cm³/mol. The number of urea groups is 1. The van der Waals surface area contributed by atoms with Crippen LogP contribution in [0.3, 0.4) is 0 Å². The number of carbonyl (C=O) groups is 2. The first-order valence-corrected chi connectivity index (χ1v) is 14.1. The summed E-state index contributed by atoms with van der Waals surface area (Å²) in [6, 6.07) is 8.78. The number of benzene rings is 2. The third kappa shape index (κ3) is 5.18. The number of halogens is 3. The van der Waals surface area contributed by atoms with E-state index in [1.54, 1.807) is 23.1 Å². The van der Waals surface area contributed by atoms with Gasteiger partial charge in [-0.1, -0.05) is 34.4 Å². The standard InChI is InChI=1S/C29H28Cl2FN3O5/c1-38-28(36)16-7-10-24(23(32)11-16)33-29(37)35-17-8-9-18(35)13-19(12-17)39-14-20-26(34-40-27(20)15-5-6-15)25-21(30)3-2-4-22(25)31/h2-4,7,10-11,15,17-19H,5-6,8-9,12-14H2,1H3,(H,33,37). The first-order valence-electron chi connectivity index (χ1n) is 13.4. The van der Waals surface area contributed by atoms with E-state index in [4.69, 9.17) is 32.5 Å². The zero-order valence-corrected chi connectivity index (χ0v) is 23.3. The van der Waals surface area contributed by atoms with Crippen LogP contribution < -0.4 is 5.32 Å². The molecule has 3 aromatic rings. The van der Waals surface area contributed by atoms with Crippen molar-refractivity contribution in [2.45, 2.75) is 69.2 Å². The number of nitrogens with one attached hydrogen (secondary N) is 1. The summed E-state index contributed by atoms with van der Waals surface area (Å²) in [6.45, 7) is 0.306. The van der Waals surface area contributed by atoms with Crippen molar-refractivity contribution in [2.24, 2.45) is 0 Å². The molecule has 0 radical (unpaired) electrons. The number of piperidine rings is 1. The number of methoxy groups -OCH3 is 1. The van der Waals surface area contributed by atoms with Gasteiger partial charge < -0.3 is 24.2 Å². The molecular weight excluding hydrogens is 560 g/mol. The molecule has 1 aliphatic carbocycles. The number of aromatic nitrogens is 1. The van der Waals surface area contributed by atoms with Crippen LogP contribution in [0.15, 0.2) is 40.9 Å². The maximum Gasteiger partial charge on any atom is 0.337 e. The molecule has 1 aromatic heterocycles. The minimum Gasteiger partial charge on any atom is -0.465 e. The van der Waals surface area contributed by atoms with E-state index in [0.29, 0.717) is 46.7 Å². The Morgan fingerprint density at radius 2 is 1.80 bits per heavy atom. The third-order valence-corrected chi connectivity index (χ3v) is 8.62. The van der Waals surface area contributed by atoms with Crippen molar-refractivity contribution in [1.82, 2.24) is 10.1 Å². The van der Waals surface area contributed by atoms with Crippen LogP contribution in [0.2, 0.25) is 10.0 Å². The highest BCUT2D eigenvalue weighted by Gasteiger charge is 2.44. The molecule has 0 spiro atoms. The highest BCUT2D eigenvalue weighted by molar-refractivity contribution is 6.39. The summed E-state index contributed by atoms with van der Waals surface area (Å²) in [6.07, 6.45) is 5.06. The Balaban J connectivity index is 1.13. The van der Waals surface area contributed by atoms with E-state index in [-0.39, 0.29) is 35.5 Å². The van der Waals surface area contributed by atoms with E-state index in [2.05, 4.69) is 15.2 Å². The first kappa shape index (κ1) is 27.1. The van der Waals surface area contributed by atoms with Crippen LogP contribution in [0.4, 0.5) is 14.9 Å². The highest BCUT2D eigenvalue weighted by Crippen LogP contribution is 2.46. The number of hydrogen-bond acceptors (Lipinski definition) is 6. The number of fused-ring (bicyclic) bond motifs is 2. The molecule has 3 aliphatic rings. The van der Waals surface area contributed by atoms with E-state index in [0.717, 1.165) is 43.1 Å². The molecule has 2 aromatic carbocycles. The number of anilines is 1. The van der Waals surface area contributed by atoms with Crippen LogP contribution in [0.5, 0.6) is 0 Å². The lowest BCUT2D eigenvalue weighted by atomic mass is 9.99. The topological polar surface area (TPSA) is 93.9 Å². The molecule has 40 heavy (non-hydrogen) atoms. The summed E-state index contributed by atoms with van der Waals surface area (Å²) in [5.41, 5.74) is 2.21. The fourth-order valence-corrected chi connectivity index (χ4v) is 6.46. The quantitative estimate of drug-likeness (QED) is 0.294. The first-order chi connectivity index (χ1) is 19.3. The van der Waals surface area contributed by atoms with Crippen molar-refractivity contribution in [1.29, 1.82) is 0 Å². The van der Waals surface area contributed by atoms with Gasteiger partial charge in [0.15, 0.2) is 0 Å². The number of ether oxygens (including phenoxy) is 2. The molecule has 3 heterocycles. The van der Waals surface area contributed by atoms with E-state index >= 15 is 0 Å². The van der Waals surface area contributed by atoms with E-state index < -0.39 is 11.8 Å². The van der Waals surface area contributed by atoms with E-state index in [1.165, 1.54) is 19.2 Å². The van der Waals surface area contributed by atoms with Crippen molar-refractivity contribution < 1.29 is 28.0 Å². The van der Waals surface area contributed by atoms with Gasteiger partial charge in [0.2, 0.25) is 0 Å². The number of hydrogen-bond donors (Lipinski definition) is 1. The predicted octanol–water partition coefficient (Wildman–Crippen LogP) is 7.20. The van der Waals surface area contributed by atoms with Gasteiger partial charge in [-0.2, -0.15) is 0 Å². The zero-order valence-electron chi connectivity index (χ0n) is 21.8. The molecule has 2 amide bonds. The molecule has 2 saturated heterocycles. The van der Waals surface area contributed by atoms with Gasteiger partial charge in [-0.05, 0) is 68.9 Å². The van der Waals surface area contributed by atoms with Gasteiger partial charge in [0.1, 0.15) is 17.3 Å². The lowest BCUT2D eigenvalue weighted by molar-refractivity contribution is -0.0158. The number of rotatable bonds is 7. The minimum absolute atomic E-state index is 0.0150. The zero-order chi connectivity index (χ0) is 28.0. The van der Waals surface area contributed by atoms with Crippen molar-refractivity contribution in [2.75, 3.05) is 12.4 Å². The minimum atomic E-state index is -0.698. The Morgan fingerprint density at radius 1 is 1.10 bits per heavy atom. The highest BCUT2D eigenvalue weighted by atomic mass is 35.5. The average Bonchev–Trinajstić information content (AvgIpc) is 3.64. The van der Waals surface area contributed by atoms with Crippen LogP contribution in [0.25, 0.3) is 11.3 Å². The maximum atomic E-state index is 14.6. The number of amides is 2. The van der Waals surface area contributed by atoms with Crippen LogP contribution in [0, 0.1) is 5.82 Å². The molecule has 2 unspecified atom stereocenters. The molecule has 3 fully saturated rings. The van der Waals surface area contributed by atoms with Gasteiger partial charge in [0.05, 0.1) is 41.1 Å². The second kappa shape index (κ2) is 11.0. The fraction of sp³-hybridized carbons (Fsp3) is 0.414. The van der Waals surface area contributed by atoms with Crippen molar-refractivity contribution in [3.8, 4) is 11.3 Å². The van der Waals surface area contributed by atoms with Crippen LogP contribution in [-0.4, -0.2) is 47.4 Å². The SMILES string of the molecule is COC(=O)c1ccc(NC(=O)N2C3CCC2CC(OCc2c(-c4c(Cl)cccc4Cl)noc2C2CC2)C3)c(F)c1. The largest absolute Gasteiger partial charge is 0.465 e. The third-order valence-electron chi connectivity index (χ3n) is 7.99. The Kier molecular flexibility index (Phi) is 7.46. The summed E-state index contributed by atoms with van der Waals surface area (Å²) in [5, 5.41) is 8.00. The van der Waals surface area contributed by atoms with Gasteiger partial charge in [-0.3, -0.25) is 0 Å². The Morgan fingerprint density at radius 3 is 2.42 bits per heavy atom. The summed E-state index contributed by atoms with van der Waals surface area (Å²) in [7, 11) is 1.23. The monoisotopic (exact) mass is 587 g/mol. The lowest BCUT2D eigenvalue weighted by Crippen LogP contribution is -2.50. The number of nitrogens with zero attached hydrogens (tertiary/aromatic N) is 2. The average molecular weight is 588 g/mol. The van der Waals surface area contributed by atoms with Crippen LogP contribution in [-0.2, 0) is 16.1 Å². The fourth-order valence-electron chi connectivity index (χ4n) is 5.89. The summed E-state index contributed by atoms with van der Waals surface area (Å²) < 4.78 is 31.4. The molecule has 1 saturated carbocycles. The molecule has 6 rings (SSSR count). The number of carbonyl (C=O) groups excluding carboxylic acids is 2. The van der Waals surface area contributed by atoms with Crippen LogP contribution >= 0.6 is 23.2 Å². The molecule has 11 heteroatoms. The molecule has 8 nitrogen and oxygen atoms in total. The molecule has 1 N–H and O–H groups in total. The summed E-state index contributed by atoms with van der Waals surface area (Å²) in [5.74, 6) is -0.193.